The normalized spacial score (nSPS) is 12.5. The van der Waals surface area contributed by atoms with Crippen LogP contribution in [0.2, 0.25) is 0 Å². The Bertz CT molecular complexity index is 974. The average molecular weight is 515 g/mol. The Balaban J connectivity index is 0.00000512. The fourth-order valence-corrected chi connectivity index (χ4v) is 3.90. The largest absolute Gasteiger partial charge is 1.00 e. The Kier molecular flexibility index (Phi) is 13.0. The van der Waals surface area contributed by atoms with Gasteiger partial charge in [0.2, 0.25) is 0 Å². The minimum atomic E-state index is -4.20. The predicted octanol–water partition coefficient (Wildman–Crippen LogP) is 2.68. The Morgan fingerprint density at radius 2 is 1.88 bits per heavy atom. The van der Waals surface area contributed by atoms with Gasteiger partial charge in [0.15, 0.2) is 0 Å². The Morgan fingerprint density at radius 3 is 2.50 bits per heavy atom. The summed E-state index contributed by atoms with van der Waals surface area (Å²) in [4.78, 5) is 0.158. The molecule has 0 fully saturated rings. The minimum Gasteiger partial charge on any atom is -0.748 e. The van der Waals surface area contributed by atoms with Crippen LogP contribution in [0.4, 0.5) is 0 Å². The minimum absolute atomic E-state index is 0. The standard InChI is InChI=1S/C24H29BrO5S.Li/c1-3-22(4-2)30-18-20-11-9-19(10-12-20)13-14-24(25)21-7-5-8-23(17-21)29-15-6-16-31(26,27)28;/h3-5,7-12,17,24H,1,6,13-16,18H2,2H3,(H,26,27,28);/q;+1/p-1/b22-4+;. The number of allylic oxidation sites excluding steroid dienone is 2. The molecule has 1 atom stereocenters. The molecule has 8 heteroatoms. The third-order valence-electron chi connectivity index (χ3n) is 4.63. The molecule has 0 saturated carbocycles. The van der Waals surface area contributed by atoms with Crippen molar-refractivity contribution in [1.29, 1.82) is 0 Å². The summed E-state index contributed by atoms with van der Waals surface area (Å²) in [6.07, 6.45) is 5.58. The molecule has 2 aromatic rings. The molecule has 1 unspecified atom stereocenters. The second-order valence-corrected chi connectivity index (χ2v) is 9.67. The summed E-state index contributed by atoms with van der Waals surface area (Å²) in [5, 5.41) is 0. The number of rotatable bonds is 13. The van der Waals surface area contributed by atoms with Gasteiger partial charge in [-0.2, -0.15) is 0 Å². The maximum absolute atomic E-state index is 10.6. The number of hydrogen-bond acceptors (Lipinski definition) is 5. The number of hydrogen-bond donors (Lipinski definition) is 0. The van der Waals surface area contributed by atoms with Crippen molar-refractivity contribution in [2.45, 2.75) is 37.6 Å². The van der Waals surface area contributed by atoms with Crippen LogP contribution in [-0.2, 0) is 27.9 Å². The van der Waals surface area contributed by atoms with E-state index in [4.69, 9.17) is 9.47 Å². The van der Waals surface area contributed by atoms with Crippen LogP contribution in [0.3, 0.4) is 0 Å². The van der Waals surface area contributed by atoms with Gasteiger partial charge in [-0.15, -0.1) is 0 Å². The SMILES string of the molecule is C=C/C(=C\C)OCc1ccc(CCC(Br)c2cccc(OCCCS(=O)(=O)[O-])c2)cc1.[Li+]. The van der Waals surface area contributed by atoms with Crippen molar-refractivity contribution >= 4 is 26.0 Å². The van der Waals surface area contributed by atoms with Gasteiger partial charge in [0.05, 0.1) is 16.7 Å². The molecule has 0 aliphatic rings. The summed E-state index contributed by atoms with van der Waals surface area (Å²) < 4.78 is 43.2. The number of halogens is 1. The van der Waals surface area contributed by atoms with Crippen molar-refractivity contribution in [3.05, 3.63) is 89.7 Å². The zero-order chi connectivity index (χ0) is 22.7. The summed E-state index contributed by atoms with van der Waals surface area (Å²) in [5.41, 5.74) is 3.44. The summed E-state index contributed by atoms with van der Waals surface area (Å²) in [6.45, 7) is 6.34. The molecule has 0 amide bonds. The fourth-order valence-electron chi connectivity index (χ4n) is 2.91. The zero-order valence-electron chi connectivity index (χ0n) is 18.6. The fraction of sp³-hybridized carbons (Fsp3) is 0.333. The summed E-state index contributed by atoms with van der Waals surface area (Å²) in [7, 11) is -4.20. The van der Waals surface area contributed by atoms with Crippen LogP contribution in [0, 0.1) is 0 Å². The van der Waals surface area contributed by atoms with Crippen molar-refractivity contribution in [3.63, 3.8) is 0 Å². The van der Waals surface area contributed by atoms with Crippen molar-refractivity contribution in [2.24, 2.45) is 0 Å². The number of benzene rings is 2. The monoisotopic (exact) mass is 514 g/mol. The van der Waals surface area contributed by atoms with Gasteiger partial charge in [-0.25, -0.2) is 8.42 Å². The molecule has 0 N–H and O–H groups in total. The van der Waals surface area contributed by atoms with Crippen molar-refractivity contribution in [2.75, 3.05) is 12.4 Å². The van der Waals surface area contributed by atoms with E-state index in [1.807, 2.05) is 37.3 Å². The van der Waals surface area contributed by atoms with Gasteiger partial charge >= 0.3 is 18.9 Å². The Morgan fingerprint density at radius 1 is 1.19 bits per heavy atom. The maximum atomic E-state index is 10.6. The van der Waals surface area contributed by atoms with E-state index in [0.717, 1.165) is 29.7 Å². The molecule has 2 rings (SSSR count). The maximum Gasteiger partial charge on any atom is 1.00 e. The second-order valence-electron chi connectivity index (χ2n) is 7.04. The van der Waals surface area contributed by atoms with Gasteiger partial charge in [0, 0.05) is 10.6 Å². The Hall–Kier alpha value is -1.49. The summed E-state index contributed by atoms with van der Waals surface area (Å²) >= 11 is 3.74. The van der Waals surface area contributed by atoms with Crippen LogP contribution in [0.15, 0.2) is 73.0 Å². The molecule has 0 aromatic heterocycles. The van der Waals surface area contributed by atoms with Gasteiger partial charge in [0.1, 0.15) is 18.1 Å². The summed E-state index contributed by atoms with van der Waals surface area (Å²) in [5.74, 6) is 1.02. The number of alkyl halides is 1. The molecular formula is C24H28BrLiO5S. The van der Waals surface area contributed by atoms with Gasteiger partial charge in [-0.05, 0) is 67.2 Å². The molecule has 168 valence electrons. The van der Waals surface area contributed by atoms with Gasteiger partial charge < -0.3 is 14.0 Å². The first-order valence-electron chi connectivity index (χ1n) is 10.1. The van der Waals surface area contributed by atoms with Gasteiger partial charge in [0.25, 0.3) is 0 Å². The van der Waals surface area contributed by atoms with Crippen LogP contribution in [0.1, 0.15) is 41.3 Å². The molecule has 0 spiro atoms. The van der Waals surface area contributed by atoms with E-state index in [2.05, 4.69) is 46.8 Å². The van der Waals surface area contributed by atoms with E-state index >= 15 is 0 Å². The van der Waals surface area contributed by atoms with Crippen LogP contribution in [0.25, 0.3) is 0 Å². The zero-order valence-corrected chi connectivity index (χ0v) is 21.0. The molecule has 0 heterocycles. The van der Waals surface area contributed by atoms with E-state index < -0.39 is 15.9 Å². The van der Waals surface area contributed by atoms with E-state index in [1.54, 1.807) is 6.08 Å². The first-order valence-corrected chi connectivity index (χ1v) is 12.6. The molecule has 0 aliphatic carbocycles. The van der Waals surface area contributed by atoms with Gasteiger partial charge in [-0.3, -0.25) is 0 Å². The third-order valence-corrected chi connectivity index (χ3v) is 6.40. The topological polar surface area (TPSA) is 75.7 Å². The van der Waals surface area contributed by atoms with E-state index in [1.165, 1.54) is 5.56 Å². The van der Waals surface area contributed by atoms with E-state index in [-0.39, 0.29) is 36.7 Å². The predicted molar refractivity (Wildman–Crippen MR) is 126 cm³/mol. The molecular weight excluding hydrogens is 487 g/mol. The molecule has 0 bridgehead atoms. The van der Waals surface area contributed by atoms with E-state index in [0.29, 0.717) is 12.4 Å². The van der Waals surface area contributed by atoms with E-state index in [9.17, 15) is 13.0 Å². The van der Waals surface area contributed by atoms with Crippen LogP contribution >= 0.6 is 15.9 Å². The summed E-state index contributed by atoms with van der Waals surface area (Å²) in [6, 6.07) is 16.1. The van der Waals surface area contributed by atoms with Crippen LogP contribution in [0.5, 0.6) is 5.75 Å². The molecule has 0 radical (unpaired) electrons. The smallest absolute Gasteiger partial charge is 0.748 e. The van der Waals surface area contributed by atoms with Crippen molar-refractivity contribution < 1.29 is 41.3 Å². The average Bonchev–Trinajstić information content (AvgIpc) is 2.76. The van der Waals surface area contributed by atoms with Crippen LogP contribution < -0.4 is 23.6 Å². The Labute approximate surface area is 212 Å². The second kappa shape index (κ2) is 14.6. The molecule has 5 nitrogen and oxygen atoms in total. The molecule has 0 saturated heterocycles. The van der Waals surface area contributed by atoms with Gasteiger partial charge in [-0.1, -0.05) is 58.9 Å². The molecule has 0 aliphatic heterocycles. The third kappa shape index (κ3) is 10.9. The quantitative estimate of drug-likeness (QED) is 0.102. The number of ether oxygens (including phenoxy) is 2. The van der Waals surface area contributed by atoms with Crippen molar-refractivity contribution in [3.8, 4) is 5.75 Å². The van der Waals surface area contributed by atoms with Crippen molar-refractivity contribution in [1.82, 2.24) is 0 Å². The first-order chi connectivity index (χ1) is 14.8. The van der Waals surface area contributed by atoms with Crippen LogP contribution in [-0.4, -0.2) is 25.3 Å². The number of aryl methyl sites for hydroxylation is 1. The molecule has 2 aromatic carbocycles. The first kappa shape index (κ1) is 28.5. The molecule has 32 heavy (non-hydrogen) atoms.